The number of aliphatic hydroxyl groups is 2. The normalized spacial score (nSPS) is 18.7. The number of nitrogens with one attached hydrogen (secondary N) is 8. The van der Waals surface area contributed by atoms with Gasteiger partial charge in [0.05, 0.1) is 25.8 Å². The molecule has 0 saturated carbocycles. The third kappa shape index (κ3) is 17.7. The molecule has 0 bridgehead atoms. The van der Waals surface area contributed by atoms with E-state index in [0.29, 0.717) is 25.7 Å². The molecule has 8 amide bonds. The highest BCUT2D eigenvalue weighted by Crippen LogP contribution is 2.26. The minimum atomic E-state index is -1.62. The fourth-order valence-corrected chi connectivity index (χ4v) is 7.41. The number of aliphatic hydroxyl groups excluding tert-OH is 2. The lowest BCUT2D eigenvalue weighted by Crippen LogP contribution is -2.60. The van der Waals surface area contributed by atoms with Crippen LogP contribution in [0.1, 0.15) is 64.7 Å². The fourth-order valence-electron chi connectivity index (χ4n) is 7.16. The fraction of sp³-hybridized carbons (Fsp3) is 0.737. The molecule has 2 heterocycles. The molecule has 0 aromatic rings. The van der Waals surface area contributed by atoms with Crippen LogP contribution in [-0.2, 0) is 43.2 Å². The first-order valence-electron chi connectivity index (χ1n) is 21.2. The predicted molar refractivity (Wildman–Crippen MR) is 233 cm³/mol. The molecule has 64 heavy (non-hydrogen) atoms. The smallest absolute Gasteiger partial charge is 0.326 e. The first-order chi connectivity index (χ1) is 30.2. The van der Waals surface area contributed by atoms with E-state index in [2.05, 4.69) is 49.8 Å². The number of nitrogens with zero attached hydrogens (tertiary/aromatic N) is 3. The van der Waals surface area contributed by atoms with E-state index in [4.69, 9.17) is 16.9 Å². The highest BCUT2D eigenvalue weighted by molar-refractivity contribution is 7.80. The summed E-state index contributed by atoms with van der Waals surface area (Å²) >= 11 is 4.07. The van der Waals surface area contributed by atoms with Gasteiger partial charge in [-0.1, -0.05) is 0 Å². The van der Waals surface area contributed by atoms with Crippen molar-refractivity contribution in [2.24, 2.45) is 11.5 Å². The first kappa shape index (κ1) is 54.8. The van der Waals surface area contributed by atoms with Crippen LogP contribution >= 0.6 is 12.6 Å². The monoisotopic (exact) mass is 929 g/mol. The number of guanidine groups is 1. The van der Waals surface area contributed by atoms with Gasteiger partial charge in [0.1, 0.15) is 42.3 Å². The second-order valence-electron chi connectivity index (χ2n) is 15.9. The molecule has 25 nitrogen and oxygen atoms in total. The number of carboxylic acids is 1. The molecule has 26 heteroatoms. The van der Waals surface area contributed by atoms with Gasteiger partial charge >= 0.3 is 5.97 Å². The van der Waals surface area contributed by atoms with Gasteiger partial charge in [0.15, 0.2) is 5.96 Å². The number of likely N-dealkylation sites (N-methyl/N-ethyl adjacent to an activating group) is 1. The Morgan fingerprint density at radius 3 is 1.98 bits per heavy atom. The molecule has 0 aromatic carbocycles. The number of carboxylic acid groups (broad SMARTS) is 1. The van der Waals surface area contributed by atoms with Gasteiger partial charge in [0.2, 0.25) is 47.3 Å². The van der Waals surface area contributed by atoms with Gasteiger partial charge in [-0.3, -0.25) is 43.8 Å². The van der Waals surface area contributed by atoms with E-state index in [-0.39, 0.29) is 76.5 Å². The summed E-state index contributed by atoms with van der Waals surface area (Å²) in [5.41, 5.74) is 11.0. The summed E-state index contributed by atoms with van der Waals surface area (Å²) in [5, 5.41) is 54.1. The van der Waals surface area contributed by atoms with Gasteiger partial charge in [-0.2, -0.15) is 12.6 Å². The average Bonchev–Trinajstić information content (AvgIpc) is 3.94. The summed E-state index contributed by atoms with van der Waals surface area (Å²) in [7, 11) is 3.25. The maximum atomic E-state index is 14.2. The topological polar surface area (TPSA) is 384 Å². The Morgan fingerprint density at radius 1 is 0.781 bits per heavy atom. The zero-order valence-corrected chi connectivity index (χ0v) is 37.5. The van der Waals surface area contributed by atoms with Crippen LogP contribution in [0.4, 0.5) is 0 Å². The number of carbonyl (C=O) groups is 9. The van der Waals surface area contributed by atoms with Crippen molar-refractivity contribution < 1.29 is 58.5 Å². The standard InChI is InChI=1S/C38H67N13O12S/c1-21(53)30(48-28(54)17-43-31(56)25(20-64)47-32(57)24(19-52)44-29(55)18-49(2)3)34(59)45-22(9-4-5-13-39)35(60)51-16-8-12-27(51)36(61)50-15-7-11-26(50)33(58)46-23(37(62)63)10-6-14-42-38(40)41/h21-27,30,52-53,64H,4-20,39H2,1-3H3,(H,43,56)(H,44,55)(H,45,59)(H,46,58)(H,47,57)(H,48,54)(H,62,63)(H4,40,41,42)/t21-,22+,23+,24+,25+,26+,27+,30+/m1/s1. The molecule has 15 N–H and O–H groups in total. The highest BCUT2D eigenvalue weighted by Gasteiger charge is 2.44. The Kier molecular flexibility index (Phi) is 23.8. The van der Waals surface area contributed by atoms with Crippen LogP contribution < -0.4 is 48.7 Å². The number of hydrogen-bond donors (Lipinski definition) is 14. The molecule has 2 fully saturated rings. The number of likely N-dealkylation sites (tertiary alicyclic amines) is 2. The van der Waals surface area contributed by atoms with Crippen LogP contribution in [0.2, 0.25) is 0 Å². The highest BCUT2D eigenvalue weighted by atomic mass is 32.1. The van der Waals surface area contributed by atoms with Gasteiger partial charge in [0, 0.05) is 25.4 Å². The predicted octanol–water partition coefficient (Wildman–Crippen LogP) is -6.15. The van der Waals surface area contributed by atoms with Crippen LogP contribution in [-0.4, -0.2) is 203 Å². The van der Waals surface area contributed by atoms with Gasteiger partial charge < -0.3 is 78.7 Å². The lowest BCUT2D eigenvalue weighted by Gasteiger charge is -2.33. The number of thiol groups is 1. The number of unbranched alkanes of at least 4 members (excludes halogenated alkanes) is 1. The van der Waals surface area contributed by atoms with Crippen LogP contribution in [0.3, 0.4) is 0 Å². The lowest BCUT2D eigenvalue weighted by molar-refractivity contribution is -0.149. The molecular weight excluding hydrogens is 863 g/mol. The van der Waals surface area contributed by atoms with Crippen molar-refractivity contribution in [2.75, 3.05) is 65.7 Å². The maximum Gasteiger partial charge on any atom is 0.326 e. The Balaban J connectivity index is 2.12. The van der Waals surface area contributed by atoms with Crippen molar-refractivity contribution in [3.05, 3.63) is 0 Å². The Hall–Kier alpha value is -5.31. The number of hydrogen-bond acceptors (Lipinski definition) is 15. The van der Waals surface area contributed by atoms with Gasteiger partial charge in [-0.25, -0.2) is 4.79 Å². The van der Waals surface area contributed by atoms with E-state index < -0.39 is 115 Å². The minimum absolute atomic E-state index is 0.0347. The zero-order valence-electron chi connectivity index (χ0n) is 36.6. The average molecular weight is 930 g/mol. The number of nitrogens with two attached hydrogens (primary N) is 2. The van der Waals surface area contributed by atoms with Crippen LogP contribution in [0, 0.1) is 5.41 Å². The number of aliphatic carboxylic acids is 1. The summed E-state index contributed by atoms with van der Waals surface area (Å²) in [4.78, 5) is 122. The third-order valence-electron chi connectivity index (χ3n) is 10.4. The summed E-state index contributed by atoms with van der Waals surface area (Å²) < 4.78 is 0. The maximum absolute atomic E-state index is 14.2. The Morgan fingerprint density at radius 2 is 1.41 bits per heavy atom. The lowest BCUT2D eigenvalue weighted by atomic mass is 10.0. The van der Waals surface area contributed by atoms with Crippen molar-refractivity contribution in [3.63, 3.8) is 0 Å². The zero-order chi connectivity index (χ0) is 48.1. The SMILES string of the molecule is C[C@@H](O)[C@H](NC(=O)CNC(=O)[C@H](CS)NC(=O)[C@H](CO)NC(=O)CN(C)C)C(=O)N[C@@H](CCCCN)C(=O)N1CCC[C@H]1C(=O)N1CCC[C@H]1C(=O)N[C@@H](CCCNC(=N)N)C(=O)O. The number of rotatable bonds is 27. The molecule has 0 aliphatic carbocycles. The van der Waals surface area contributed by atoms with Gasteiger partial charge in [-0.05, 0) is 85.4 Å². The van der Waals surface area contributed by atoms with Crippen molar-refractivity contribution in [1.82, 2.24) is 51.9 Å². The first-order valence-corrected chi connectivity index (χ1v) is 21.8. The van der Waals surface area contributed by atoms with Crippen LogP contribution in [0.5, 0.6) is 0 Å². The Bertz CT molecular complexity index is 1660. The molecule has 0 unspecified atom stereocenters. The molecule has 2 aliphatic rings. The van der Waals surface area contributed by atoms with Gasteiger partial charge in [0.25, 0.3) is 0 Å². The summed E-state index contributed by atoms with van der Waals surface area (Å²) in [5.74, 6) is -7.76. The molecular formula is C38H67N13O12S. The Labute approximate surface area is 377 Å². The van der Waals surface area contributed by atoms with E-state index in [1.54, 1.807) is 19.0 Å². The van der Waals surface area contributed by atoms with E-state index in [0.717, 1.165) is 0 Å². The summed E-state index contributed by atoms with van der Waals surface area (Å²) in [6, 6.07) is -8.79. The molecule has 0 radical (unpaired) electrons. The van der Waals surface area contributed by atoms with E-state index in [1.807, 2.05) is 0 Å². The molecule has 0 spiro atoms. The molecule has 2 rings (SSSR count). The molecule has 8 atom stereocenters. The van der Waals surface area contributed by atoms with Crippen molar-refractivity contribution >= 4 is 71.8 Å². The van der Waals surface area contributed by atoms with E-state index in [9.17, 15) is 58.5 Å². The molecule has 0 aromatic heterocycles. The van der Waals surface area contributed by atoms with Crippen molar-refractivity contribution in [1.29, 1.82) is 5.41 Å². The second kappa shape index (κ2) is 27.8. The summed E-state index contributed by atoms with van der Waals surface area (Å²) in [6.45, 7) is 0.491. The van der Waals surface area contributed by atoms with Crippen molar-refractivity contribution in [2.45, 2.75) is 113 Å². The van der Waals surface area contributed by atoms with Crippen LogP contribution in [0.15, 0.2) is 0 Å². The van der Waals surface area contributed by atoms with E-state index >= 15 is 0 Å². The molecule has 2 saturated heterocycles. The number of carbonyl (C=O) groups excluding carboxylic acids is 8. The second-order valence-corrected chi connectivity index (χ2v) is 16.3. The molecule has 362 valence electrons. The minimum Gasteiger partial charge on any atom is -0.480 e. The quantitative estimate of drug-likeness (QED) is 0.0158. The van der Waals surface area contributed by atoms with Crippen LogP contribution in [0.25, 0.3) is 0 Å². The van der Waals surface area contributed by atoms with Crippen molar-refractivity contribution in [3.8, 4) is 0 Å². The number of amides is 8. The van der Waals surface area contributed by atoms with Gasteiger partial charge in [-0.15, -0.1) is 0 Å². The summed E-state index contributed by atoms with van der Waals surface area (Å²) in [6.07, 6.45) is 1.15. The van der Waals surface area contributed by atoms with E-state index in [1.165, 1.54) is 16.7 Å². The third-order valence-corrected chi connectivity index (χ3v) is 10.8. The largest absolute Gasteiger partial charge is 0.480 e. The molecule has 2 aliphatic heterocycles.